The van der Waals surface area contributed by atoms with E-state index in [4.69, 9.17) is 16.3 Å². The maximum Gasteiger partial charge on any atom is 0.339 e. The van der Waals surface area contributed by atoms with Gasteiger partial charge >= 0.3 is 5.97 Å². The molecule has 3 aliphatic rings. The van der Waals surface area contributed by atoms with Crippen molar-refractivity contribution in [2.45, 2.75) is 34.5 Å². The summed E-state index contributed by atoms with van der Waals surface area (Å²) < 4.78 is 18.6. The lowest BCUT2D eigenvalue weighted by Gasteiger charge is -2.26. The van der Waals surface area contributed by atoms with E-state index in [1.165, 1.54) is 17.8 Å². The number of ether oxygens (including phenoxy) is 1. The highest BCUT2D eigenvalue weighted by Crippen LogP contribution is 2.54. The third-order valence-electron chi connectivity index (χ3n) is 5.74. The van der Waals surface area contributed by atoms with Gasteiger partial charge in [0.05, 0.1) is 21.9 Å². The highest BCUT2D eigenvalue weighted by atomic mass is 35.5. The van der Waals surface area contributed by atoms with Crippen LogP contribution in [0.1, 0.15) is 35.2 Å². The minimum atomic E-state index is -0.733. The second kappa shape index (κ2) is 6.22. The number of carbonyl (C=O) groups is 2. The highest BCUT2D eigenvalue weighted by Gasteiger charge is 2.57. The van der Waals surface area contributed by atoms with Crippen LogP contribution >= 0.6 is 23.4 Å². The molecule has 0 N–H and O–H groups in total. The van der Waals surface area contributed by atoms with Crippen molar-refractivity contribution < 1.29 is 18.7 Å². The summed E-state index contributed by atoms with van der Waals surface area (Å²) in [6.07, 6.45) is 2.14. The topological polar surface area (TPSA) is 46.6 Å². The molecule has 1 atom stereocenters. The van der Waals surface area contributed by atoms with Gasteiger partial charge < -0.3 is 9.64 Å². The minimum Gasteiger partial charge on any atom is -0.449 e. The molecule has 5 rings (SSSR count). The summed E-state index contributed by atoms with van der Waals surface area (Å²) in [6, 6.07) is 11.9. The zero-order valence-electron chi connectivity index (χ0n) is 14.9. The quantitative estimate of drug-likeness (QED) is 0.694. The molecule has 7 heteroatoms. The molecule has 1 aliphatic carbocycles. The molecule has 144 valence electrons. The van der Waals surface area contributed by atoms with Crippen molar-refractivity contribution >= 4 is 35.2 Å². The summed E-state index contributed by atoms with van der Waals surface area (Å²) in [7, 11) is 0. The van der Waals surface area contributed by atoms with Gasteiger partial charge in [-0.25, -0.2) is 9.18 Å². The van der Waals surface area contributed by atoms with Gasteiger partial charge in [-0.05, 0) is 37.1 Å². The summed E-state index contributed by atoms with van der Waals surface area (Å²) >= 11 is 7.32. The second-order valence-corrected chi connectivity index (χ2v) is 9.44. The molecule has 2 aromatic rings. The summed E-state index contributed by atoms with van der Waals surface area (Å²) in [5.41, 5.74) is 0.731. The lowest BCUT2D eigenvalue weighted by Crippen LogP contribution is -2.40. The molecular weight excluding hydrogens is 401 g/mol. The predicted molar refractivity (Wildman–Crippen MR) is 104 cm³/mol. The first-order chi connectivity index (χ1) is 13.4. The third-order valence-corrected chi connectivity index (χ3v) is 7.50. The molecule has 2 heterocycles. The van der Waals surface area contributed by atoms with Crippen molar-refractivity contribution in [3.05, 3.63) is 64.4 Å². The minimum absolute atomic E-state index is 0.0512. The van der Waals surface area contributed by atoms with Crippen LogP contribution in [0.15, 0.2) is 47.4 Å². The fraction of sp³-hybridized carbons (Fsp3) is 0.333. The summed E-state index contributed by atoms with van der Waals surface area (Å²) in [4.78, 5) is 28.1. The maximum absolute atomic E-state index is 13.4. The van der Waals surface area contributed by atoms with E-state index in [0.29, 0.717) is 25.1 Å². The number of hydrogen-bond acceptors (Lipinski definition) is 4. The van der Waals surface area contributed by atoms with Crippen molar-refractivity contribution in [2.75, 3.05) is 13.1 Å². The Morgan fingerprint density at radius 3 is 2.71 bits per heavy atom. The first-order valence-corrected chi connectivity index (χ1v) is 10.4. The van der Waals surface area contributed by atoms with Crippen LogP contribution in [0, 0.1) is 5.82 Å². The molecule has 0 radical (unpaired) electrons. The number of halogens is 2. The van der Waals surface area contributed by atoms with Crippen LogP contribution in [0.5, 0.6) is 0 Å². The molecule has 0 aromatic heterocycles. The number of nitrogens with zero attached hydrogens (tertiary/aromatic N) is 1. The van der Waals surface area contributed by atoms with Crippen LogP contribution in [0.3, 0.4) is 0 Å². The van der Waals surface area contributed by atoms with Crippen LogP contribution < -0.4 is 0 Å². The Bertz CT molecular complexity index is 1010. The Hall–Kier alpha value is -2.05. The standard InChI is InChI=1S/C21H17ClFNO3S/c22-16-11-13(5-6-17(16)23)28-21(7-8-21)19(26)24-10-9-20(12-24)15-4-2-1-3-14(15)18(25)27-20/h1-6,11H,7-10,12H2. The molecule has 1 saturated heterocycles. The Morgan fingerprint density at radius 1 is 1.18 bits per heavy atom. The number of rotatable bonds is 3. The van der Waals surface area contributed by atoms with Crippen LogP contribution in [-0.2, 0) is 15.1 Å². The van der Waals surface area contributed by atoms with Crippen molar-refractivity contribution in [3.63, 3.8) is 0 Å². The van der Waals surface area contributed by atoms with E-state index in [1.54, 1.807) is 23.1 Å². The normalized spacial score (nSPS) is 24.4. The van der Waals surface area contributed by atoms with E-state index in [0.717, 1.165) is 23.3 Å². The maximum atomic E-state index is 13.4. The summed E-state index contributed by atoms with van der Waals surface area (Å²) in [5.74, 6) is -0.734. The fourth-order valence-corrected chi connectivity index (χ4v) is 5.66. The average Bonchev–Trinajstić information content (AvgIpc) is 3.26. The number of amides is 1. The summed E-state index contributed by atoms with van der Waals surface area (Å²) in [6.45, 7) is 0.925. The largest absolute Gasteiger partial charge is 0.449 e. The van der Waals surface area contributed by atoms with Gasteiger partial charge in [-0.15, -0.1) is 11.8 Å². The Kier molecular flexibility index (Phi) is 4.00. The van der Waals surface area contributed by atoms with Crippen LogP contribution in [0.25, 0.3) is 0 Å². The molecular formula is C21H17ClFNO3S. The van der Waals surface area contributed by atoms with E-state index in [2.05, 4.69) is 0 Å². The highest BCUT2D eigenvalue weighted by molar-refractivity contribution is 8.01. The van der Waals surface area contributed by atoms with E-state index < -0.39 is 16.2 Å². The van der Waals surface area contributed by atoms with Gasteiger partial charge in [0.1, 0.15) is 5.82 Å². The van der Waals surface area contributed by atoms with Crippen LogP contribution in [0.2, 0.25) is 5.02 Å². The molecule has 1 amide bonds. The number of fused-ring (bicyclic) bond motifs is 2. The first kappa shape index (κ1) is 18.0. The van der Waals surface area contributed by atoms with Crippen molar-refractivity contribution in [2.24, 2.45) is 0 Å². The smallest absolute Gasteiger partial charge is 0.339 e. The molecule has 2 aliphatic heterocycles. The zero-order valence-corrected chi connectivity index (χ0v) is 16.5. The first-order valence-electron chi connectivity index (χ1n) is 9.19. The molecule has 0 bridgehead atoms. The van der Waals surface area contributed by atoms with Gasteiger partial charge in [0.2, 0.25) is 5.91 Å². The van der Waals surface area contributed by atoms with Crippen LogP contribution in [0.4, 0.5) is 4.39 Å². The van der Waals surface area contributed by atoms with Gasteiger partial charge in [-0.1, -0.05) is 29.8 Å². The van der Waals surface area contributed by atoms with E-state index >= 15 is 0 Å². The van der Waals surface area contributed by atoms with E-state index in [9.17, 15) is 14.0 Å². The Balaban J connectivity index is 1.36. The molecule has 28 heavy (non-hydrogen) atoms. The van der Waals surface area contributed by atoms with Crippen molar-refractivity contribution in [1.29, 1.82) is 0 Å². The molecule has 1 unspecified atom stereocenters. The molecule has 2 fully saturated rings. The van der Waals surface area contributed by atoms with Crippen molar-refractivity contribution in [3.8, 4) is 0 Å². The Morgan fingerprint density at radius 2 is 1.96 bits per heavy atom. The van der Waals surface area contributed by atoms with Gasteiger partial charge in [-0.3, -0.25) is 4.79 Å². The predicted octanol–water partition coefficient (Wildman–Crippen LogP) is 4.40. The summed E-state index contributed by atoms with van der Waals surface area (Å²) in [5, 5.41) is 0.0582. The number of benzene rings is 2. The number of thioether (sulfide) groups is 1. The second-order valence-electron chi connectivity index (χ2n) is 7.58. The zero-order chi connectivity index (χ0) is 19.5. The molecule has 1 spiro atoms. The molecule has 1 saturated carbocycles. The number of hydrogen-bond donors (Lipinski definition) is 0. The van der Waals surface area contributed by atoms with Gasteiger partial charge in [0.25, 0.3) is 0 Å². The lowest BCUT2D eigenvalue weighted by atomic mass is 9.91. The van der Waals surface area contributed by atoms with E-state index in [1.807, 2.05) is 18.2 Å². The lowest BCUT2D eigenvalue weighted by molar-refractivity contribution is -0.131. The SMILES string of the molecule is O=C1OC2(CCN(C(=O)C3(Sc4ccc(F)c(Cl)c4)CC3)C2)c2ccccc21. The average molecular weight is 418 g/mol. The molecule has 2 aromatic carbocycles. The number of carbonyl (C=O) groups excluding carboxylic acids is 2. The van der Waals surface area contributed by atoms with Gasteiger partial charge in [0.15, 0.2) is 5.60 Å². The third kappa shape index (κ3) is 2.73. The molecule has 4 nitrogen and oxygen atoms in total. The number of likely N-dealkylation sites (tertiary alicyclic amines) is 1. The van der Waals surface area contributed by atoms with Gasteiger partial charge in [-0.2, -0.15) is 0 Å². The van der Waals surface area contributed by atoms with Gasteiger partial charge in [0, 0.05) is 23.4 Å². The van der Waals surface area contributed by atoms with E-state index in [-0.39, 0.29) is 16.9 Å². The fourth-order valence-electron chi connectivity index (χ4n) is 4.13. The number of esters is 1. The monoisotopic (exact) mass is 417 g/mol. The van der Waals surface area contributed by atoms with Crippen LogP contribution in [-0.4, -0.2) is 34.6 Å². The van der Waals surface area contributed by atoms with Crippen molar-refractivity contribution in [1.82, 2.24) is 4.90 Å². The Labute approximate surface area is 171 Å².